The highest BCUT2D eigenvalue weighted by atomic mass is 32.2. The van der Waals surface area contributed by atoms with E-state index in [9.17, 15) is 8.42 Å². The summed E-state index contributed by atoms with van der Waals surface area (Å²) in [6.45, 7) is 0. The lowest BCUT2D eigenvalue weighted by Gasteiger charge is -2.07. The Balaban J connectivity index is 1.83. The standard InChI is InChI=1S/C12H11N5O2S/c18-20(19,12-8-13-14-9-12)16-10-2-4-11(5-3-10)17-7-1-6-15-17/h1-9,16H,(H,13,14). The molecule has 0 radical (unpaired) electrons. The molecule has 102 valence electrons. The van der Waals surface area contributed by atoms with Gasteiger partial charge in [0.15, 0.2) is 0 Å². The van der Waals surface area contributed by atoms with Crippen molar-refractivity contribution in [2.75, 3.05) is 4.72 Å². The Kier molecular flexibility index (Phi) is 2.99. The van der Waals surface area contributed by atoms with Crippen molar-refractivity contribution < 1.29 is 8.42 Å². The van der Waals surface area contributed by atoms with Gasteiger partial charge in [0.25, 0.3) is 10.0 Å². The Morgan fingerprint density at radius 3 is 2.60 bits per heavy atom. The quantitative estimate of drug-likeness (QED) is 0.759. The number of rotatable bonds is 4. The first-order valence-corrected chi connectivity index (χ1v) is 7.25. The SMILES string of the molecule is O=S(=O)(Nc1ccc(-n2cccn2)cc1)c1cn[nH]c1. The fraction of sp³-hybridized carbons (Fsp3) is 0. The number of benzene rings is 1. The molecular formula is C12H11N5O2S. The molecule has 20 heavy (non-hydrogen) atoms. The van der Waals surface area contributed by atoms with Gasteiger partial charge in [-0.05, 0) is 30.3 Å². The molecular weight excluding hydrogens is 278 g/mol. The number of aromatic amines is 1. The molecule has 0 aliphatic heterocycles. The Labute approximate surface area is 115 Å². The molecule has 7 nitrogen and oxygen atoms in total. The second kappa shape index (κ2) is 4.82. The number of nitrogens with zero attached hydrogens (tertiary/aromatic N) is 3. The van der Waals surface area contributed by atoms with Gasteiger partial charge in [0, 0.05) is 24.3 Å². The molecule has 1 aromatic carbocycles. The van der Waals surface area contributed by atoms with Crippen molar-refractivity contribution in [3.05, 3.63) is 55.1 Å². The maximum atomic E-state index is 12.0. The van der Waals surface area contributed by atoms with Crippen LogP contribution in [0, 0.1) is 0 Å². The summed E-state index contributed by atoms with van der Waals surface area (Å²) in [5.74, 6) is 0. The zero-order valence-corrected chi connectivity index (χ0v) is 11.1. The van der Waals surface area contributed by atoms with Crippen LogP contribution in [0.5, 0.6) is 0 Å². The van der Waals surface area contributed by atoms with Gasteiger partial charge < -0.3 is 0 Å². The Morgan fingerprint density at radius 1 is 1.20 bits per heavy atom. The normalized spacial score (nSPS) is 11.4. The molecule has 3 aromatic rings. The van der Waals surface area contributed by atoms with E-state index >= 15 is 0 Å². The Morgan fingerprint density at radius 2 is 2.00 bits per heavy atom. The molecule has 0 amide bonds. The van der Waals surface area contributed by atoms with Gasteiger partial charge in [-0.1, -0.05) is 0 Å². The van der Waals surface area contributed by atoms with Gasteiger partial charge >= 0.3 is 0 Å². The minimum atomic E-state index is -3.60. The Bertz CT molecular complexity index is 777. The first kappa shape index (κ1) is 12.4. The summed E-state index contributed by atoms with van der Waals surface area (Å²) in [4.78, 5) is 0.0913. The highest BCUT2D eigenvalue weighted by Crippen LogP contribution is 2.16. The predicted molar refractivity (Wildman–Crippen MR) is 73.0 cm³/mol. The number of aromatic nitrogens is 4. The average Bonchev–Trinajstić information content (AvgIpc) is 3.13. The van der Waals surface area contributed by atoms with Crippen molar-refractivity contribution in [1.82, 2.24) is 20.0 Å². The maximum Gasteiger partial charge on any atom is 0.265 e. The summed E-state index contributed by atoms with van der Waals surface area (Å²) < 4.78 is 28.1. The van der Waals surface area contributed by atoms with Crippen molar-refractivity contribution in [1.29, 1.82) is 0 Å². The van der Waals surface area contributed by atoms with E-state index in [0.717, 1.165) is 5.69 Å². The minimum Gasteiger partial charge on any atom is -0.284 e. The van der Waals surface area contributed by atoms with Gasteiger partial charge in [0.2, 0.25) is 0 Å². The summed E-state index contributed by atoms with van der Waals surface area (Å²) >= 11 is 0. The lowest BCUT2D eigenvalue weighted by molar-refractivity contribution is 0.601. The van der Waals surface area contributed by atoms with Gasteiger partial charge in [0.1, 0.15) is 4.90 Å². The Hall–Kier alpha value is -2.61. The van der Waals surface area contributed by atoms with Crippen molar-refractivity contribution >= 4 is 15.7 Å². The molecule has 0 spiro atoms. The average molecular weight is 289 g/mol. The van der Waals surface area contributed by atoms with Gasteiger partial charge in [-0.3, -0.25) is 9.82 Å². The van der Waals surface area contributed by atoms with E-state index in [-0.39, 0.29) is 4.90 Å². The topological polar surface area (TPSA) is 92.7 Å². The second-order valence-electron chi connectivity index (χ2n) is 4.04. The van der Waals surface area contributed by atoms with Crippen LogP contribution in [0.1, 0.15) is 0 Å². The second-order valence-corrected chi connectivity index (χ2v) is 5.72. The van der Waals surface area contributed by atoms with E-state index < -0.39 is 10.0 Å². The van der Waals surface area contributed by atoms with Crippen LogP contribution in [-0.2, 0) is 10.0 Å². The molecule has 0 saturated carbocycles. The summed E-state index contributed by atoms with van der Waals surface area (Å²) in [5.41, 5.74) is 1.32. The monoisotopic (exact) mass is 289 g/mol. The van der Waals surface area contributed by atoms with E-state index in [1.165, 1.54) is 12.4 Å². The van der Waals surface area contributed by atoms with Crippen LogP contribution >= 0.6 is 0 Å². The molecule has 0 atom stereocenters. The van der Waals surface area contributed by atoms with Crippen molar-refractivity contribution in [3.8, 4) is 5.69 Å². The summed E-state index contributed by atoms with van der Waals surface area (Å²) in [6, 6.07) is 8.72. The van der Waals surface area contributed by atoms with Crippen molar-refractivity contribution in [2.24, 2.45) is 0 Å². The first-order valence-electron chi connectivity index (χ1n) is 5.77. The molecule has 2 aromatic heterocycles. The number of hydrogen-bond donors (Lipinski definition) is 2. The van der Waals surface area contributed by atoms with Crippen molar-refractivity contribution in [2.45, 2.75) is 4.90 Å². The molecule has 0 aliphatic carbocycles. The summed E-state index contributed by atoms with van der Waals surface area (Å²) in [5, 5.41) is 10.2. The molecule has 0 unspecified atom stereocenters. The van der Waals surface area contributed by atoms with Crippen LogP contribution in [0.3, 0.4) is 0 Å². The molecule has 0 fully saturated rings. The fourth-order valence-electron chi connectivity index (χ4n) is 1.70. The third-order valence-electron chi connectivity index (χ3n) is 2.67. The molecule has 0 aliphatic rings. The van der Waals surface area contributed by atoms with Gasteiger partial charge in [-0.2, -0.15) is 10.2 Å². The summed E-state index contributed by atoms with van der Waals surface area (Å²) in [6.07, 6.45) is 6.06. The third kappa shape index (κ3) is 2.41. The van der Waals surface area contributed by atoms with Crippen molar-refractivity contribution in [3.63, 3.8) is 0 Å². The maximum absolute atomic E-state index is 12.0. The number of hydrogen-bond acceptors (Lipinski definition) is 4. The lowest BCUT2D eigenvalue weighted by atomic mass is 10.3. The predicted octanol–water partition coefficient (Wildman–Crippen LogP) is 1.40. The zero-order valence-electron chi connectivity index (χ0n) is 10.3. The highest BCUT2D eigenvalue weighted by Gasteiger charge is 2.14. The van der Waals surface area contributed by atoms with Crippen LogP contribution in [0.25, 0.3) is 5.69 Å². The number of H-pyrrole nitrogens is 1. The van der Waals surface area contributed by atoms with Gasteiger partial charge in [0.05, 0.1) is 11.9 Å². The fourth-order valence-corrected chi connectivity index (χ4v) is 2.67. The van der Waals surface area contributed by atoms with E-state index in [1.54, 1.807) is 35.1 Å². The first-order chi connectivity index (χ1) is 9.65. The highest BCUT2D eigenvalue weighted by molar-refractivity contribution is 7.92. The van der Waals surface area contributed by atoms with Crippen LogP contribution in [0.2, 0.25) is 0 Å². The largest absolute Gasteiger partial charge is 0.284 e. The van der Waals surface area contributed by atoms with Gasteiger partial charge in [-0.25, -0.2) is 13.1 Å². The number of nitrogens with one attached hydrogen (secondary N) is 2. The van der Waals surface area contributed by atoms with E-state index in [4.69, 9.17) is 0 Å². The molecule has 0 saturated heterocycles. The van der Waals surface area contributed by atoms with Crippen LogP contribution in [0.4, 0.5) is 5.69 Å². The van der Waals surface area contributed by atoms with Gasteiger partial charge in [-0.15, -0.1) is 0 Å². The van der Waals surface area contributed by atoms with Crippen LogP contribution in [-0.4, -0.2) is 28.4 Å². The molecule has 3 rings (SSSR count). The molecule has 0 bridgehead atoms. The minimum absolute atomic E-state index is 0.0913. The zero-order chi connectivity index (χ0) is 14.0. The van der Waals surface area contributed by atoms with Crippen LogP contribution < -0.4 is 4.72 Å². The number of anilines is 1. The van der Waals surface area contributed by atoms with E-state index in [0.29, 0.717) is 5.69 Å². The van der Waals surface area contributed by atoms with Crippen LogP contribution in [0.15, 0.2) is 60.0 Å². The third-order valence-corrected chi connectivity index (χ3v) is 4.02. The molecule has 2 heterocycles. The smallest absolute Gasteiger partial charge is 0.265 e. The number of sulfonamides is 1. The summed E-state index contributed by atoms with van der Waals surface area (Å²) in [7, 11) is -3.60. The van der Waals surface area contributed by atoms with E-state index in [2.05, 4.69) is 20.0 Å². The lowest BCUT2D eigenvalue weighted by Crippen LogP contribution is -2.12. The van der Waals surface area contributed by atoms with E-state index in [1.807, 2.05) is 12.3 Å². The molecule has 2 N–H and O–H groups in total. The molecule has 8 heteroatoms.